The van der Waals surface area contributed by atoms with Gasteiger partial charge in [0.15, 0.2) is 5.54 Å². The third-order valence-corrected chi connectivity index (χ3v) is 5.90. The Balaban J connectivity index is 1.49. The number of benzene rings is 1. The summed E-state index contributed by atoms with van der Waals surface area (Å²) in [5, 5.41) is 0. The number of imide groups is 1. The molecule has 1 aromatic carbocycles. The number of amides is 2. The number of carbonyl (C=O) groups excluding carboxylic acids is 2. The second-order valence-corrected chi connectivity index (χ2v) is 7.32. The van der Waals surface area contributed by atoms with Crippen LogP contribution in [0.15, 0.2) is 71.9 Å². The molecule has 1 fully saturated rings. The van der Waals surface area contributed by atoms with Crippen molar-refractivity contribution < 1.29 is 9.59 Å². The minimum absolute atomic E-state index is 0.0479. The SMILES string of the molecule is O=C1C2C(c3ccccc3)C3C=CC2(N=C3)C(=O)N1CCc1ccccn1. The normalized spacial score (nSPS) is 30.8. The van der Waals surface area contributed by atoms with Gasteiger partial charge in [-0.3, -0.25) is 24.5 Å². The lowest BCUT2D eigenvalue weighted by Crippen LogP contribution is -2.49. The number of nitrogens with zero attached hydrogens (tertiary/aromatic N) is 3. The van der Waals surface area contributed by atoms with Gasteiger partial charge >= 0.3 is 0 Å². The van der Waals surface area contributed by atoms with E-state index in [9.17, 15) is 9.59 Å². The Hall–Kier alpha value is -3.08. The summed E-state index contributed by atoms with van der Waals surface area (Å²) in [6.07, 6.45) is 8.01. The second-order valence-electron chi connectivity index (χ2n) is 7.32. The summed E-state index contributed by atoms with van der Waals surface area (Å²) in [7, 11) is 0. The standard InChI is InChI=1S/C22H19N3O2/c26-20-19-18(15-6-2-1-3-7-15)16-9-11-22(19,24-14-16)21(27)25(20)13-10-17-8-4-5-12-23-17/h1-9,11-12,14,16,18-19H,10,13H2. The van der Waals surface area contributed by atoms with Crippen molar-refractivity contribution in [3.05, 3.63) is 78.1 Å². The first-order chi connectivity index (χ1) is 13.2. The van der Waals surface area contributed by atoms with Crippen LogP contribution in [0.1, 0.15) is 17.2 Å². The van der Waals surface area contributed by atoms with E-state index in [2.05, 4.69) is 9.98 Å². The molecule has 5 nitrogen and oxygen atoms in total. The van der Waals surface area contributed by atoms with E-state index in [4.69, 9.17) is 0 Å². The Kier molecular flexibility index (Phi) is 3.57. The largest absolute Gasteiger partial charge is 0.279 e. The fourth-order valence-corrected chi connectivity index (χ4v) is 4.61. The molecule has 134 valence electrons. The molecule has 2 aromatic rings. The molecular formula is C22H19N3O2. The zero-order chi connectivity index (χ0) is 18.4. The van der Waals surface area contributed by atoms with E-state index in [0.717, 1.165) is 11.3 Å². The molecule has 1 saturated heterocycles. The van der Waals surface area contributed by atoms with Crippen LogP contribution in [-0.2, 0) is 16.0 Å². The fraction of sp³-hybridized carbons (Fsp3) is 0.273. The molecule has 0 saturated carbocycles. The number of aromatic nitrogens is 1. The first-order valence-corrected chi connectivity index (χ1v) is 9.26. The fourth-order valence-electron chi connectivity index (χ4n) is 4.61. The first-order valence-electron chi connectivity index (χ1n) is 9.26. The molecule has 3 aliphatic heterocycles. The van der Waals surface area contributed by atoms with Crippen LogP contribution in [0.4, 0.5) is 0 Å². The molecule has 4 heterocycles. The summed E-state index contributed by atoms with van der Waals surface area (Å²) in [4.78, 5) is 36.8. The quantitative estimate of drug-likeness (QED) is 0.624. The number of aliphatic imine (C=N–C) groups is 1. The van der Waals surface area contributed by atoms with Crippen molar-refractivity contribution in [2.24, 2.45) is 16.8 Å². The molecular weight excluding hydrogens is 338 g/mol. The number of hydrogen-bond acceptors (Lipinski definition) is 4. The molecule has 4 atom stereocenters. The number of allylic oxidation sites excluding steroid dienone is 1. The van der Waals surface area contributed by atoms with Gasteiger partial charge in [0.25, 0.3) is 5.91 Å². The Morgan fingerprint density at radius 2 is 1.85 bits per heavy atom. The maximum atomic E-state index is 13.3. The highest BCUT2D eigenvalue weighted by molar-refractivity contribution is 6.13. The number of dihydropyridines is 1. The molecule has 1 spiro atoms. The van der Waals surface area contributed by atoms with E-state index < -0.39 is 11.5 Å². The summed E-state index contributed by atoms with van der Waals surface area (Å²) in [6.45, 7) is 0.336. The minimum Gasteiger partial charge on any atom is -0.279 e. The summed E-state index contributed by atoms with van der Waals surface area (Å²) < 4.78 is 0. The van der Waals surface area contributed by atoms with Crippen molar-refractivity contribution >= 4 is 18.0 Å². The Labute approximate surface area is 157 Å². The number of rotatable bonds is 4. The van der Waals surface area contributed by atoms with Crippen LogP contribution < -0.4 is 0 Å². The average molecular weight is 357 g/mol. The summed E-state index contributed by atoms with van der Waals surface area (Å²) >= 11 is 0. The predicted molar refractivity (Wildman–Crippen MR) is 101 cm³/mol. The highest BCUT2D eigenvalue weighted by Gasteiger charge is 2.64. The molecule has 1 aromatic heterocycles. The zero-order valence-electron chi connectivity index (χ0n) is 14.7. The van der Waals surface area contributed by atoms with Crippen molar-refractivity contribution in [1.82, 2.24) is 9.88 Å². The maximum Gasteiger partial charge on any atom is 0.261 e. The van der Waals surface area contributed by atoms with Crippen LogP contribution in [0.25, 0.3) is 0 Å². The Bertz CT molecular complexity index is 938. The Morgan fingerprint density at radius 3 is 2.56 bits per heavy atom. The summed E-state index contributed by atoms with van der Waals surface area (Å²) in [6, 6.07) is 15.7. The zero-order valence-corrected chi connectivity index (χ0v) is 14.7. The second kappa shape index (κ2) is 5.98. The lowest BCUT2D eigenvalue weighted by atomic mass is 9.63. The van der Waals surface area contributed by atoms with Crippen molar-refractivity contribution in [1.29, 1.82) is 0 Å². The monoisotopic (exact) mass is 357 g/mol. The molecule has 6 rings (SSSR count). The maximum absolute atomic E-state index is 13.3. The smallest absolute Gasteiger partial charge is 0.261 e. The highest BCUT2D eigenvalue weighted by Crippen LogP contribution is 2.52. The van der Waals surface area contributed by atoms with E-state index in [0.29, 0.717) is 13.0 Å². The van der Waals surface area contributed by atoms with Crippen LogP contribution in [0.3, 0.4) is 0 Å². The van der Waals surface area contributed by atoms with Gasteiger partial charge in [0.1, 0.15) is 0 Å². The molecule has 0 radical (unpaired) electrons. The van der Waals surface area contributed by atoms with E-state index in [-0.39, 0.29) is 23.7 Å². The van der Waals surface area contributed by atoms with Crippen molar-refractivity contribution in [3.8, 4) is 0 Å². The van der Waals surface area contributed by atoms with Gasteiger partial charge in [-0.15, -0.1) is 0 Å². The van der Waals surface area contributed by atoms with E-state index in [1.807, 2.05) is 66.9 Å². The summed E-state index contributed by atoms with van der Waals surface area (Å²) in [5.74, 6) is -0.788. The molecule has 2 amide bonds. The van der Waals surface area contributed by atoms with Crippen molar-refractivity contribution in [2.45, 2.75) is 17.9 Å². The van der Waals surface area contributed by atoms with E-state index in [1.165, 1.54) is 4.90 Å². The van der Waals surface area contributed by atoms with Crippen LogP contribution in [0.5, 0.6) is 0 Å². The molecule has 4 aliphatic rings. The molecule has 2 bridgehead atoms. The van der Waals surface area contributed by atoms with Gasteiger partial charge in [0, 0.05) is 42.9 Å². The third-order valence-electron chi connectivity index (χ3n) is 5.90. The predicted octanol–water partition coefficient (Wildman–Crippen LogP) is 2.40. The minimum atomic E-state index is -1.07. The van der Waals surface area contributed by atoms with Gasteiger partial charge in [-0.1, -0.05) is 48.6 Å². The topological polar surface area (TPSA) is 62.6 Å². The van der Waals surface area contributed by atoms with Crippen molar-refractivity contribution in [3.63, 3.8) is 0 Å². The summed E-state index contributed by atoms with van der Waals surface area (Å²) in [5.41, 5.74) is 0.879. The lowest BCUT2D eigenvalue weighted by Gasteiger charge is -2.41. The van der Waals surface area contributed by atoms with Crippen LogP contribution in [0.2, 0.25) is 0 Å². The molecule has 4 unspecified atom stereocenters. The number of likely N-dealkylation sites (tertiary alicyclic amines) is 1. The first kappa shape index (κ1) is 16.1. The van der Waals surface area contributed by atoms with Crippen molar-refractivity contribution in [2.75, 3.05) is 6.54 Å². The number of pyridine rings is 1. The van der Waals surface area contributed by atoms with Gasteiger partial charge in [-0.25, -0.2) is 0 Å². The highest BCUT2D eigenvalue weighted by atomic mass is 16.2. The Morgan fingerprint density at radius 1 is 1.04 bits per heavy atom. The van der Waals surface area contributed by atoms with Gasteiger partial charge in [0.05, 0.1) is 5.92 Å². The molecule has 5 heteroatoms. The van der Waals surface area contributed by atoms with Gasteiger partial charge in [-0.2, -0.15) is 0 Å². The molecule has 27 heavy (non-hydrogen) atoms. The average Bonchev–Trinajstić information content (AvgIpc) is 2.95. The molecule has 1 aliphatic carbocycles. The van der Waals surface area contributed by atoms with Crippen LogP contribution in [0, 0.1) is 11.8 Å². The third kappa shape index (κ3) is 2.31. The van der Waals surface area contributed by atoms with Gasteiger partial charge in [0.2, 0.25) is 5.91 Å². The van der Waals surface area contributed by atoms with Crippen LogP contribution in [-0.4, -0.2) is 40.0 Å². The molecule has 0 N–H and O–H groups in total. The van der Waals surface area contributed by atoms with E-state index in [1.54, 1.807) is 6.20 Å². The number of carbonyl (C=O) groups is 2. The van der Waals surface area contributed by atoms with E-state index >= 15 is 0 Å². The van der Waals surface area contributed by atoms with Crippen LogP contribution >= 0.6 is 0 Å². The van der Waals surface area contributed by atoms with Gasteiger partial charge in [-0.05, 0) is 17.7 Å². The number of hydrogen-bond donors (Lipinski definition) is 0. The van der Waals surface area contributed by atoms with Gasteiger partial charge < -0.3 is 0 Å². The lowest BCUT2D eigenvalue weighted by molar-refractivity contribution is -0.139.